The van der Waals surface area contributed by atoms with Crippen LogP contribution in [0.5, 0.6) is 0 Å². The highest BCUT2D eigenvalue weighted by molar-refractivity contribution is 5.94. The molecule has 1 rings (SSSR count). The van der Waals surface area contributed by atoms with Crippen LogP contribution in [-0.4, -0.2) is 29.6 Å². The molecule has 1 saturated carbocycles. The first-order chi connectivity index (χ1) is 10.2. The Labute approximate surface area is 130 Å². The van der Waals surface area contributed by atoms with Gasteiger partial charge in [0.05, 0.1) is 6.61 Å². The summed E-state index contributed by atoms with van der Waals surface area (Å²) in [6, 6.07) is 0. The predicted molar refractivity (Wildman–Crippen MR) is 80.9 cm³/mol. The molecule has 0 spiro atoms. The van der Waals surface area contributed by atoms with Crippen molar-refractivity contribution in [3.05, 3.63) is 11.8 Å². The number of rotatable bonds is 9. The zero-order valence-electron chi connectivity index (χ0n) is 13.5. The normalized spacial score (nSPS) is 19.4. The minimum atomic E-state index is -1.12. The minimum Gasteiger partial charge on any atom is -0.477 e. The lowest BCUT2D eigenvalue weighted by Crippen LogP contribution is -2.29. The lowest BCUT2D eigenvalue weighted by Gasteiger charge is -2.07. The van der Waals surface area contributed by atoms with E-state index in [1.807, 2.05) is 13.8 Å². The van der Waals surface area contributed by atoms with E-state index in [1.54, 1.807) is 6.08 Å². The van der Waals surface area contributed by atoms with Crippen LogP contribution in [0.25, 0.3) is 0 Å². The molecule has 0 aromatic carbocycles. The zero-order valence-corrected chi connectivity index (χ0v) is 13.5. The van der Waals surface area contributed by atoms with Crippen LogP contribution < -0.4 is 5.32 Å². The summed E-state index contributed by atoms with van der Waals surface area (Å²) >= 11 is 0. The van der Waals surface area contributed by atoms with E-state index in [1.165, 1.54) is 6.92 Å². The zero-order chi connectivity index (χ0) is 16.8. The Hall–Kier alpha value is -1.85. The third-order valence-electron chi connectivity index (χ3n) is 3.82. The second-order valence-corrected chi connectivity index (χ2v) is 6.35. The number of aliphatic carboxylic acids is 1. The standard InChI is InChI=1S/C16H25NO5/c1-11(18)22-9-7-5-4-6-8-13(15(20)21)17-14(19)12-10-16(12,2)3/h8,12H,4-7,9-10H2,1-3H3,(H,17,19)(H,20,21). The van der Waals surface area contributed by atoms with Gasteiger partial charge in [0.1, 0.15) is 5.70 Å². The van der Waals surface area contributed by atoms with E-state index in [0.717, 1.165) is 25.7 Å². The first-order valence-electron chi connectivity index (χ1n) is 7.61. The second-order valence-electron chi connectivity index (χ2n) is 6.35. The summed E-state index contributed by atoms with van der Waals surface area (Å²) in [6.45, 7) is 5.74. The van der Waals surface area contributed by atoms with Crippen molar-refractivity contribution in [3.8, 4) is 0 Å². The molecule has 0 aromatic heterocycles. The fourth-order valence-corrected chi connectivity index (χ4v) is 2.21. The number of carbonyl (C=O) groups excluding carboxylic acids is 2. The van der Waals surface area contributed by atoms with Crippen molar-refractivity contribution in [3.63, 3.8) is 0 Å². The number of allylic oxidation sites excluding steroid dienone is 1. The molecular weight excluding hydrogens is 286 g/mol. The van der Waals surface area contributed by atoms with E-state index >= 15 is 0 Å². The van der Waals surface area contributed by atoms with Gasteiger partial charge in [-0.3, -0.25) is 9.59 Å². The van der Waals surface area contributed by atoms with Gasteiger partial charge >= 0.3 is 11.9 Å². The lowest BCUT2D eigenvalue weighted by atomic mass is 10.1. The molecule has 0 radical (unpaired) electrons. The molecule has 1 aliphatic rings. The number of hydrogen-bond acceptors (Lipinski definition) is 4. The number of esters is 1. The van der Waals surface area contributed by atoms with Crippen LogP contribution in [0.3, 0.4) is 0 Å². The van der Waals surface area contributed by atoms with Gasteiger partial charge in [-0.15, -0.1) is 0 Å². The SMILES string of the molecule is CC(=O)OCCCCCC=C(NC(=O)C1CC1(C)C)C(=O)O. The summed E-state index contributed by atoms with van der Waals surface area (Å²) in [5.41, 5.74) is -0.0718. The Kier molecular flexibility index (Phi) is 6.59. The maximum Gasteiger partial charge on any atom is 0.352 e. The summed E-state index contributed by atoms with van der Waals surface area (Å²) in [5, 5.41) is 11.6. The molecule has 22 heavy (non-hydrogen) atoms. The molecule has 0 heterocycles. The Bertz CT molecular complexity index is 467. The first kappa shape index (κ1) is 18.2. The van der Waals surface area contributed by atoms with E-state index < -0.39 is 5.97 Å². The monoisotopic (exact) mass is 311 g/mol. The van der Waals surface area contributed by atoms with Crippen molar-refractivity contribution in [1.82, 2.24) is 5.32 Å². The number of carboxylic acids is 1. The van der Waals surface area contributed by atoms with E-state index in [9.17, 15) is 14.4 Å². The Morgan fingerprint density at radius 3 is 2.41 bits per heavy atom. The first-order valence-corrected chi connectivity index (χ1v) is 7.61. The fraction of sp³-hybridized carbons (Fsp3) is 0.688. The summed E-state index contributed by atoms with van der Waals surface area (Å²) in [6.07, 6.45) is 5.26. The van der Waals surface area contributed by atoms with E-state index in [0.29, 0.717) is 13.0 Å². The highest BCUT2D eigenvalue weighted by atomic mass is 16.5. The molecule has 0 aromatic rings. The van der Waals surface area contributed by atoms with Gasteiger partial charge in [-0.05, 0) is 37.5 Å². The minimum absolute atomic E-state index is 0.0234. The lowest BCUT2D eigenvalue weighted by molar-refractivity contribution is -0.141. The quantitative estimate of drug-likeness (QED) is 0.387. The molecule has 1 aliphatic carbocycles. The van der Waals surface area contributed by atoms with E-state index in [-0.39, 0.29) is 28.9 Å². The van der Waals surface area contributed by atoms with Crippen LogP contribution in [0.15, 0.2) is 11.8 Å². The smallest absolute Gasteiger partial charge is 0.352 e. The number of carboxylic acid groups (broad SMARTS) is 1. The fourth-order valence-electron chi connectivity index (χ4n) is 2.21. The Balaban J connectivity index is 2.29. The average Bonchev–Trinajstić information content (AvgIpc) is 3.04. The number of unbranched alkanes of at least 4 members (excludes halogenated alkanes) is 3. The number of amides is 1. The highest BCUT2D eigenvalue weighted by Crippen LogP contribution is 2.51. The number of ether oxygens (including phenoxy) is 1. The summed E-state index contributed by atoms with van der Waals surface area (Å²) in [7, 11) is 0. The average molecular weight is 311 g/mol. The van der Waals surface area contributed by atoms with Gasteiger partial charge in [0.25, 0.3) is 0 Å². The summed E-state index contributed by atoms with van der Waals surface area (Å²) in [4.78, 5) is 33.6. The third kappa shape index (κ3) is 6.28. The summed E-state index contributed by atoms with van der Waals surface area (Å²) < 4.78 is 4.81. The molecule has 1 fully saturated rings. The molecule has 1 unspecified atom stereocenters. The Morgan fingerprint density at radius 1 is 1.27 bits per heavy atom. The van der Waals surface area contributed by atoms with Gasteiger partial charge in [0, 0.05) is 12.8 Å². The van der Waals surface area contributed by atoms with Gasteiger partial charge in [-0.25, -0.2) is 4.79 Å². The number of nitrogens with one attached hydrogen (secondary N) is 1. The highest BCUT2D eigenvalue weighted by Gasteiger charge is 2.50. The predicted octanol–water partition coefficient (Wildman–Crippen LogP) is 2.24. The third-order valence-corrected chi connectivity index (χ3v) is 3.82. The van der Waals surface area contributed by atoms with Crippen molar-refractivity contribution in [2.75, 3.05) is 6.61 Å². The van der Waals surface area contributed by atoms with Gasteiger partial charge in [0.2, 0.25) is 5.91 Å². The van der Waals surface area contributed by atoms with Crippen LogP contribution in [-0.2, 0) is 19.1 Å². The van der Waals surface area contributed by atoms with Gasteiger partial charge < -0.3 is 15.2 Å². The van der Waals surface area contributed by atoms with Crippen molar-refractivity contribution in [1.29, 1.82) is 0 Å². The van der Waals surface area contributed by atoms with Crippen LogP contribution in [0, 0.1) is 11.3 Å². The van der Waals surface area contributed by atoms with Crippen LogP contribution in [0.2, 0.25) is 0 Å². The van der Waals surface area contributed by atoms with Crippen molar-refractivity contribution < 1.29 is 24.2 Å². The molecule has 0 aliphatic heterocycles. The molecule has 1 amide bonds. The van der Waals surface area contributed by atoms with Gasteiger partial charge in [-0.1, -0.05) is 19.9 Å². The summed E-state index contributed by atoms with van der Waals surface area (Å²) in [5.74, 6) is -1.72. The molecule has 6 nitrogen and oxygen atoms in total. The van der Waals surface area contributed by atoms with Gasteiger partial charge in [0.15, 0.2) is 0 Å². The number of hydrogen-bond donors (Lipinski definition) is 2. The Morgan fingerprint density at radius 2 is 1.91 bits per heavy atom. The van der Waals surface area contributed by atoms with Crippen LogP contribution in [0.4, 0.5) is 0 Å². The van der Waals surface area contributed by atoms with Crippen LogP contribution in [0.1, 0.15) is 52.9 Å². The van der Waals surface area contributed by atoms with Crippen LogP contribution >= 0.6 is 0 Å². The molecule has 0 saturated heterocycles. The molecule has 0 bridgehead atoms. The molecular formula is C16H25NO5. The van der Waals surface area contributed by atoms with Crippen molar-refractivity contribution >= 4 is 17.8 Å². The molecule has 124 valence electrons. The van der Waals surface area contributed by atoms with E-state index in [2.05, 4.69) is 5.32 Å². The van der Waals surface area contributed by atoms with Crippen molar-refractivity contribution in [2.24, 2.45) is 11.3 Å². The number of carbonyl (C=O) groups is 3. The second kappa shape index (κ2) is 7.96. The molecule has 6 heteroatoms. The topological polar surface area (TPSA) is 92.7 Å². The molecule has 2 N–H and O–H groups in total. The maximum absolute atomic E-state index is 11.9. The van der Waals surface area contributed by atoms with Gasteiger partial charge in [-0.2, -0.15) is 0 Å². The maximum atomic E-state index is 11.9. The molecule has 1 atom stereocenters. The van der Waals surface area contributed by atoms with E-state index in [4.69, 9.17) is 9.84 Å². The van der Waals surface area contributed by atoms with Crippen molar-refractivity contribution in [2.45, 2.75) is 52.9 Å². The largest absolute Gasteiger partial charge is 0.477 e.